The third-order valence-electron chi connectivity index (χ3n) is 8.53. The first-order valence-corrected chi connectivity index (χ1v) is 14.4. The molecule has 6 heteroatoms. The van der Waals surface area contributed by atoms with E-state index in [-0.39, 0.29) is 34.2 Å². The molecule has 0 unspecified atom stereocenters. The summed E-state index contributed by atoms with van der Waals surface area (Å²) in [6.07, 6.45) is 8.60. The highest BCUT2D eigenvalue weighted by atomic mass is 19.1. The molecule has 5 nitrogen and oxygen atoms in total. The van der Waals surface area contributed by atoms with Crippen molar-refractivity contribution in [1.29, 1.82) is 0 Å². The van der Waals surface area contributed by atoms with Gasteiger partial charge < -0.3 is 10.0 Å². The number of aromatic carboxylic acids is 1. The molecule has 0 aromatic heterocycles. The van der Waals surface area contributed by atoms with Crippen LogP contribution in [0, 0.1) is 22.6 Å². The maximum atomic E-state index is 14.2. The standard InChI is InChI=1S/C34H43FN2O3/c1-32(2,3)19-18-29(24-11-13-25(14-12-24)31(39)40)37-30(38)28(15-10-23-8-7-9-27(35)22-23)36-34(37)20-16-26(17-21-34)33(4,5)6/h7-15,22,26,29H,16-21H2,1-6H3,(H,39,40)/t26?,29-,34?/m1/s1. The Morgan fingerprint density at radius 1 is 1.07 bits per heavy atom. The van der Waals surface area contributed by atoms with Crippen LogP contribution in [-0.4, -0.2) is 33.3 Å². The maximum Gasteiger partial charge on any atom is 0.335 e. The fourth-order valence-electron chi connectivity index (χ4n) is 6.13. The molecule has 40 heavy (non-hydrogen) atoms. The van der Waals surface area contributed by atoms with Crippen LogP contribution in [0.1, 0.15) is 108 Å². The lowest BCUT2D eigenvalue weighted by Gasteiger charge is -2.47. The summed E-state index contributed by atoms with van der Waals surface area (Å²) in [5.74, 6) is -0.879. The summed E-state index contributed by atoms with van der Waals surface area (Å²) in [5, 5.41) is 9.46. The second-order valence-corrected chi connectivity index (χ2v) is 13.7. The number of hydrogen-bond donors (Lipinski definition) is 1. The molecule has 4 rings (SSSR count). The van der Waals surface area contributed by atoms with Gasteiger partial charge in [-0.2, -0.15) is 0 Å². The number of carboxylic acid groups (broad SMARTS) is 1. The van der Waals surface area contributed by atoms with Gasteiger partial charge >= 0.3 is 5.97 Å². The van der Waals surface area contributed by atoms with Gasteiger partial charge in [0.05, 0.1) is 11.6 Å². The van der Waals surface area contributed by atoms with Crippen LogP contribution in [0.15, 0.2) is 59.6 Å². The van der Waals surface area contributed by atoms with Crippen molar-refractivity contribution in [2.24, 2.45) is 21.7 Å². The monoisotopic (exact) mass is 546 g/mol. The Morgan fingerprint density at radius 3 is 2.27 bits per heavy atom. The van der Waals surface area contributed by atoms with Crippen molar-refractivity contribution >= 4 is 23.7 Å². The van der Waals surface area contributed by atoms with Crippen molar-refractivity contribution in [2.45, 2.75) is 91.8 Å². The Morgan fingerprint density at radius 2 is 1.73 bits per heavy atom. The summed E-state index contributed by atoms with van der Waals surface area (Å²) < 4.78 is 13.8. The van der Waals surface area contributed by atoms with Crippen LogP contribution in [0.4, 0.5) is 4.39 Å². The predicted molar refractivity (Wildman–Crippen MR) is 159 cm³/mol. The molecule has 1 fully saturated rings. The van der Waals surface area contributed by atoms with E-state index in [2.05, 4.69) is 41.5 Å². The quantitative estimate of drug-likeness (QED) is 0.380. The van der Waals surface area contributed by atoms with Crippen LogP contribution < -0.4 is 0 Å². The number of amides is 1. The van der Waals surface area contributed by atoms with Crippen LogP contribution in [0.25, 0.3) is 6.08 Å². The molecule has 1 spiro atoms. The van der Waals surface area contributed by atoms with Crippen LogP contribution in [-0.2, 0) is 4.79 Å². The molecule has 1 saturated carbocycles. The van der Waals surface area contributed by atoms with E-state index in [1.165, 1.54) is 12.1 Å². The number of benzene rings is 2. The fourth-order valence-corrected chi connectivity index (χ4v) is 6.13. The number of carboxylic acids is 1. The third-order valence-corrected chi connectivity index (χ3v) is 8.53. The van der Waals surface area contributed by atoms with Crippen molar-refractivity contribution in [3.8, 4) is 0 Å². The lowest BCUT2D eigenvalue weighted by molar-refractivity contribution is -0.134. The maximum absolute atomic E-state index is 14.2. The molecule has 1 amide bonds. The van der Waals surface area contributed by atoms with Gasteiger partial charge in [-0.25, -0.2) is 9.18 Å². The van der Waals surface area contributed by atoms with Gasteiger partial charge in [-0.1, -0.05) is 71.9 Å². The van der Waals surface area contributed by atoms with Crippen LogP contribution in [0.5, 0.6) is 0 Å². The topological polar surface area (TPSA) is 70.0 Å². The predicted octanol–water partition coefficient (Wildman–Crippen LogP) is 8.32. The van der Waals surface area contributed by atoms with Crippen LogP contribution >= 0.6 is 0 Å². The fraction of sp³-hybridized carbons (Fsp3) is 0.500. The van der Waals surface area contributed by atoms with E-state index in [0.29, 0.717) is 17.2 Å². The molecule has 1 heterocycles. The third kappa shape index (κ3) is 6.71. The zero-order valence-corrected chi connectivity index (χ0v) is 24.7. The summed E-state index contributed by atoms with van der Waals surface area (Å²) in [6, 6.07) is 13.0. The molecule has 2 aromatic rings. The van der Waals surface area contributed by atoms with Gasteiger partial charge in [-0.3, -0.25) is 9.79 Å². The molecule has 1 aliphatic heterocycles. The largest absolute Gasteiger partial charge is 0.478 e. The minimum atomic E-state index is -0.972. The lowest BCUT2D eigenvalue weighted by Crippen LogP contribution is -2.51. The molecular formula is C34H43FN2O3. The minimum absolute atomic E-state index is 0.0556. The Kier molecular flexibility index (Phi) is 8.39. The molecule has 0 bridgehead atoms. The molecule has 2 aliphatic rings. The first kappa shape index (κ1) is 29.7. The average Bonchev–Trinajstić information content (AvgIpc) is 3.13. The van der Waals surface area contributed by atoms with Gasteiger partial charge in [-0.05, 0) is 96.7 Å². The van der Waals surface area contributed by atoms with Crippen molar-refractivity contribution < 1.29 is 19.1 Å². The number of halogens is 1. The van der Waals surface area contributed by atoms with Crippen molar-refractivity contribution in [3.05, 3.63) is 77.1 Å². The van der Waals surface area contributed by atoms with Gasteiger partial charge in [0.1, 0.15) is 17.2 Å². The minimum Gasteiger partial charge on any atom is -0.478 e. The number of carbonyl (C=O) groups excluding carboxylic acids is 1. The van der Waals surface area contributed by atoms with Gasteiger partial charge in [-0.15, -0.1) is 0 Å². The summed E-state index contributed by atoms with van der Waals surface area (Å²) in [4.78, 5) is 32.9. The average molecular weight is 547 g/mol. The van der Waals surface area contributed by atoms with E-state index in [0.717, 1.165) is 44.1 Å². The zero-order valence-electron chi connectivity index (χ0n) is 24.7. The van der Waals surface area contributed by atoms with E-state index in [1.54, 1.807) is 36.4 Å². The molecule has 1 atom stereocenters. The summed E-state index contributed by atoms with van der Waals surface area (Å²) in [7, 11) is 0. The smallest absolute Gasteiger partial charge is 0.335 e. The molecule has 1 N–H and O–H groups in total. The Labute approximate surface area is 238 Å². The summed E-state index contributed by atoms with van der Waals surface area (Å²) >= 11 is 0. The molecule has 1 aliphatic carbocycles. The normalized spacial score (nSPS) is 22.7. The second-order valence-electron chi connectivity index (χ2n) is 13.7. The van der Waals surface area contributed by atoms with Gasteiger partial charge in [0.15, 0.2) is 0 Å². The zero-order chi connectivity index (χ0) is 29.3. The number of carbonyl (C=O) groups is 2. The van der Waals surface area contributed by atoms with Crippen molar-refractivity contribution in [3.63, 3.8) is 0 Å². The Balaban J connectivity index is 1.75. The number of rotatable bonds is 7. The SMILES string of the molecule is CC(C)(C)CC[C@H](c1ccc(C(=O)O)cc1)N1C(=O)C(C=Cc2cccc(F)c2)=NC12CCC(C(C)(C)C)CC2. The number of hydrogen-bond acceptors (Lipinski definition) is 3. The molecule has 0 saturated heterocycles. The highest BCUT2D eigenvalue weighted by Gasteiger charge is 2.52. The molecule has 214 valence electrons. The molecule has 0 radical (unpaired) electrons. The van der Waals surface area contributed by atoms with Gasteiger partial charge in [0.2, 0.25) is 0 Å². The Bertz CT molecular complexity index is 1290. The van der Waals surface area contributed by atoms with Gasteiger partial charge in [0.25, 0.3) is 5.91 Å². The van der Waals surface area contributed by atoms with E-state index in [4.69, 9.17) is 4.99 Å². The van der Waals surface area contributed by atoms with Crippen LogP contribution in [0.3, 0.4) is 0 Å². The van der Waals surface area contributed by atoms with E-state index in [1.807, 2.05) is 17.0 Å². The first-order chi connectivity index (χ1) is 18.7. The van der Waals surface area contributed by atoms with E-state index < -0.39 is 11.6 Å². The lowest BCUT2D eigenvalue weighted by atomic mass is 9.69. The van der Waals surface area contributed by atoms with Crippen molar-refractivity contribution in [2.75, 3.05) is 0 Å². The molecule has 2 aromatic carbocycles. The van der Waals surface area contributed by atoms with E-state index >= 15 is 0 Å². The van der Waals surface area contributed by atoms with Gasteiger partial charge in [0, 0.05) is 0 Å². The highest BCUT2D eigenvalue weighted by molar-refractivity contribution is 6.45. The van der Waals surface area contributed by atoms with Crippen molar-refractivity contribution in [1.82, 2.24) is 4.90 Å². The summed E-state index contributed by atoms with van der Waals surface area (Å²) in [6.45, 7) is 13.4. The second kappa shape index (κ2) is 11.3. The Hall–Kier alpha value is -3.28. The highest BCUT2D eigenvalue weighted by Crippen LogP contribution is 2.50. The van der Waals surface area contributed by atoms with E-state index in [9.17, 15) is 19.1 Å². The summed E-state index contributed by atoms with van der Waals surface area (Å²) in [5.41, 5.74) is 1.78. The number of aliphatic imine (C=N–C) groups is 1. The molecular weight excluding hydrogens is 503 g/mol. The number of nitrogens with zero attached hydrogens (tertiary/aromatic N) is 2. The first-order valence-electron chi connectivity index (χ1n) is 14.4. The van der Waals surface area contributed by atoms with Crippen LogP contribution in [0.2, 0.25) is 0 Å².